The molecule has 18 heavy (non-hydrogen) atoms. The molecule has 0 fully saturated rings. The van der Waals surface area contributed by atoms with Crippen molar-refractivity contribution < 1.29 is 4.79 Å². The van der Waals surface area contributed by atoms with Crippen LogP contribution in [0.15, 0.2) is 36.5 Å². The molecule has 1 unspecified atom stereocenters. The first-order valence-electron chi connectivity index (χ1n) is 6.39. The summed E-state index contributed by atoms with van der Waals surface area (Å²) in [5.41, 5.74) is 3.82. The van der Waals surface area contributed by atoms with Crippen molar-refractivity contribution in [3.8, 4) is 0 Å². The lowest BCUT2D eigenvalue weighted by Gasteiger charge is -2.36. The minimum absolute atomic E-state index is 0.207. The van der Waals surface area contributed by atoms with Crippen LogP contribution in [0, 0.1) is 0 Å². The molecule has 2 aliphatic heterocycles. The fraction of sp³-hybridized carbons (Fsp3) is 0.267. The Balaban J connectivity index is 1.92. The molecule has 1 atom stereocenters. The van der Waals surface area contributed by atoms with E-state index >= 15 is 0 Å². The maximum atomic E-state index is 11.6. The average molecular weight is 238 g/mol. The van der Waals surface area contributed by atoms with E-state index in [-0.39, 0.29) is 11.8 Å². The van der Waals surface area contributed by atoms with Crippen LogP contribution in [-0.2, 0) is 11.2 Å². The Kier molecular flexibility index (Phi) is 1.92. The molecule has 0 spiro atoms. The Labute approximate surface area is 105 Å². The minimum Gasteiger partial charge on any atom is -0.368 e. The van der Waals surface area contributed by atoms with Crippen molar-refractivity contribution in [2.24, 2.45) is 0 Å². The van der Waals surface area contributed by atoms with E-state index in [1.54, 1.807) is 6.08 Å². The Morgan fingerprint density at radius 3 is 3.11 bits per heavy atom. The molecule has 1 aromatic carbocycles. The van der Waals surface area contributed by atoms with Crippen molar-refractivity contribution in [1.82, 2.24) is 9.88 Å². The number of allylic oxidation sites excluding steroid dienone is 1. The summed E-state index contributed by atoms with van der Waals surface area (Å²) < 4.78 is 0. The molecule has 1 N–H and O–H groups in total. The third-order valence-corrected chi connectivity index (χ3v) is 4.05. The molecule has 0 bridgehead atoms. The van der Waals surface area contributed by atoms with Crippen molar-refractivity contribution >= 4 is 16.7 Å². The number of aromatic nitrogens is 1. The number of H-pyrrole nitrogens is 1. The van der Waals surface area contributed by atoms with Crippen molar-refractivity contribution in [2.45, 2.75) is 18.9 Å². The van der Waals surface area contributed by atoms with Crippen molar-refractivity contribution in [3.63, 3.8) is 0 Å². The molecule has 0 saturated carbocycles. The van der Waals surface area contributed by atoms with Gasteiger partial charge in [0, 0.05) is 35.8 Å². The third kappa shape index (κ3) is 1.27. The lowest BCUT2D eigenvalue weighted by Crippen LogP contribution is -2.35. The topological polar surface area (TPSA) is 36.1 Å². The van der Waals surface area contributed by atoms with Crippen molar-refractivity contribution in [1.29, 1.82) is 0 Å². The largest absolute Gasteiger partial charge is 0.368 e. The van der Waals surface area contributed by atoms with Gasteiger partial charge >= 0.3 is 0 Å². The molecule has 0 saturated heterocycles. The highest BCUT2D eigenvalue weighted by Gasteiger charge is 2.31. The van der Waals surface area contributed by atoms with Gasteiger partial charge in [0.15, 0.2) is 5.78 Å². The normalized spacial score (nSPS) is 22.1. The predicted octanol–water partition coefficient (Wildman–Crippen LogP) is 2.55. The van der Waals surface area contributed by atoms with Crippen LogP contribution in [0.25, 0.3) is 10.9 Å². The van der Waals surface area contributed by atoms with Crippen LogP contribution in [0.3, 0.4) is 0 Å². The second kappa shape index (κ2) is 3.48. The zero-order valence-electron chi connectivity index (χ0n) is 10.0. The molecule has 1 aromatic heterocycles. The summed E-state index contributed by atoms with van der Waals surface area (Å²) in [6.07, 6.45) is 5.29. The summed E-state index contributed by atoms with van der Waals surface area (Å²) in [5.74, 6) is 0.225. The number of nitrogens with one attached hydrogen (secondary N) is 1. The van der Waals surface area contributed by atoms with Gasteiger partial charge in [0.1, 0.15) is 0 Å². The quantitative estimate of drug-likeness (QED) is 0.765. The molecular weight excluding hydrogens is 224 g/mol. The summed E-state index contributed by atoms with van der Waals surface area (Å²) in [4.78, 5) is 17.4. The fourth-order valence-electron chi connectivity index (χ4n) is 3.17. The van der Waals surface area contributed by atoms with E-state index in [1.165, 1.54) is 22.2 Å². The Hall–Kier alpha value is -2.03. The first kappa shape index (κ1) is 9.95. The highest BCUT2D eigenvalue weighted by molar-refractivity contribution is 5.92. The number of carbonyl (C=O) groups is 1. The number of hydrogen-bond donors (Lipinski definition) is 1. The SMILES string of the molecule is O=C1C=CN2CCc3c([nH]c4ccccc34)C2C1. The van der Waals surface area contributed by atoms with E-state index in [1.807, 2.05) is 12.3 Å². The van der Waals surface area contributed by atoms with Gasteiger partial charge in [-0.05, 0) is 24.1 Å². The minimum atomic E-state index is 0.207. The molecule has 3 heteroatoms. The van der Waals surface area contributed by atoms with Crippen LogP contribution in [0.4, 0.5) is 0 Å². The second-order valence-corrected chi connectivity index (χ2v) is 5.05. The van der Waals surface area contributed by atoms with Gasteiger partial charge in [0.2, 0.25) is 0 Å². The third-order valence-electron chi connectivity index (χ3n) is 4.05. The number of fused-ring (bicyclic) bond motifs is 5. The van der Waals surface area contributed by atoms with Crippen LogP contribution in [-0.4, -0.2) is 22.2 Å². The molecule has 0 aliphatic carbocycles. The van der Waals surface area contributed by atoms with Crippen LogP contribution < -0.4 is 0 Å². The van der Waals surface area contributed by atoms with E-state index in [9.17, 15) is 4.79 Å². The number of hydrogen-bond acceptors (Lipinski definition) is 2. The monoisotopic (exact) mass is 238 g/mol. The maximum Gasteiger partial charge on any atom is 0.159 e. The second-order valence-electron chi connectivity index (χ2n) is 5.05. The first-order valence-corrected chi connectivity index (χ1v) is 6.39. The fourth-order valence-corrected chi connectivity index (χ4v) is 3.17. The molecule has 90 valence electrons. The number of para-hydroxylation sites is 1. The van der Waals surface area contributed by atoms with Gasteiger partial charge < -0.3 is 9.88 Å². The number of benzene rings is 1. The molecule has 2 aliphatic rings. The van der Waals surface area contributed by atoms with E-state index in [2.05, 4.69) is 28.1 Å². The van der Waals surface area contributed by atoms with E-state index in [4.69, 9.17) is 0 Å². The highest BCUT2D eigenvalue weighted by Crippen LogP contribution is 2.37. The average Bonchev–Trinajstić information content (AvgIpc) is 2.78. The lowest BCUT2D eigenvalue weighted by molar-refractivity contribution is -0.116. The molecule has 0 radical (unpaired) electrons. The predicted molar refractivity (Wildman–Crippen MR) is 70.2 cm³/mol. The zero-order valence-corrected chi connectivity index (χ0v) is 10.0. The highest BCUT2D eigenvalue weighted by atomic mass is 16.1. The van der Waals surface area contributed by atoms with Gasteiger partial charge in [0.05, 0.1) is 6.04 Å². The van der Waals surface area contributed by atoms with Crippen LogP contribution in [0.1, 0.15) is 23.7 Å². The number of aromatic amines is 1. The van der Waals surface area contributed by atoms with Crippen LogP contribution in [0.2, 0.25) is 0 Å². The molecule has 3 nitrogen and oxygen atoms in total. The van der Waals surface area contributed by atoms with Gasteiger partial charge in [-0.2, -0.15) is 0 Å². The summed E-state index contributed by atoms with van der Waals surface area (Å²) in [6, 6.07) is 8.61. The van der Waals surface area contributed by atoms with E-state index in [0.717, 1.165) is 13.0 Å². The number of rotatable bonds is 0. The molecular formula is C15H14N2O. The standard InChI is InChI=1S/C15H14N2O/c18-10-5-7-17-8-6-12-11-3-1-2-4-13(11)16-15(12)14(17)9-10/h1-5,7,14,16H,6,8-9H2. The Bertz CT molecular complexity index is 668. The van der Waals surface area contributed by atoms with E-state index < -0.39 is 0 Å². The Morgan fingerprint density at radius 2 is 2.17 bits per heavy atom. The lowest BCUT2D eigenvalue weighted by atomic mass is 9.92. The Morgan fingerprint density at radius 1 is 1.28 bits per heavy atom. The van der Waals surface area contributed by atoms with Crippen molar-refractivity contribution in [3.05, 3.63) is 47.8 Å². The maximum absolute atomic E-state index is 11.6. The summed E-state index contributed by atoms with van der Waals surface area (Å²) in [7, 11) is 0. The number of ketones is 1. The van der Waals surface area contributed by atoms with Gasteiger partial charge in [-0.1, -0.05) is 18.2 Å². The smallest absolute Gasteiger partial charge is 0.159 e. The molecule has 3 heterocycles. The molecule has 2 aromatic rings. The molecule has 0 amide bonds. The molecule has 4 rings (SSSR count). The van der Waals surface area contributed by atoms with Gasteiger partial charge in [-0.3, -0.25) is 4.79 Å². The van der Waals surface area contributed by atoms with Gasteiger partial charge in [-0.15, -0.1) is 0 Å². The number of carbonyl (C=O) groups excluding carboxylic acids is 1. The van der Waals surface area contributed by atoms with Gasteiger partial charge in [-0.25, -0.2) is 0 Å². The van der Waals surface area contributed by atoms with Crippen LogP contribution >= 0.6 is 0 Å². The van der Waals surface area contributed by atoms with E-state index in [0.29, 0.717) is 6.42 Å². The summed E-state index contributed by atoms with van der Waals surface area (Å²) >= 11 is 0. The summed E-state index contributed by atoms with van der Waals surface area (Å²) in [6.45, 7) is 1.00. The van der Waals surface area contributed by atoms with Gasteiger partial charge in [0.25, 0.3) is 0 Å². The van der Waals surface area contributed by atoms with Crippen molar-refractivity contribution in [2.75, 3.05) is 6.54 Å². The summed E-state index contributed by atoms with van der Waals surface area (Å²) in [5, 5.41) is 1.31. The van der Waals surface area contributed by atoms with Crippen LogP contribution in [0.5, 0.6) is 0 Å². The number of nitrogens with zero attached hydrogens (tertiary/aromatic N) is 1. The first-order chi connectivity index (χ1) is 8.83. The zero-order chi connectivity index (χ0) is 12.1.